The molecule has 0 aromatic carbocycles. The molecule has 0 spiro atoms. The monoisotopic (exact) mass is 326 g/mol. The Labute approximate surface area is 138 Å². The molecule has 2 N–H and O–H groups in total. The molecule has 1 atom stereocenters. The number of aliphatic hydroxyl groups is 1. The Kier molecular flexibility index (Phi) is 6.84. The molecule has 1 aliphatic carbocycles. The molecule has 0 bridgehead atoms. The summed E-state index contributed by atoms with van der Waals surface area (Å²) in [5.74, 6) is -0.500. The third kappa shape index (κ3) is 5.46. The minimum atomic E-state index is -1.47. The van der Waals surface area contributed by atoms with Crippen LogP contribution in [0.4, 0.5) is 0 Å². The Morgan fingerprint density at radius 1 is 1.22 bits per heavy atom. The van der Waals surface area contributed by atoms with Gasteiger partial charge in [-0.2, -0.15) is 0 Å². The Morgan fingerprint density at radius 3 is 2.57 bits per heavy atom. The van der Waals surface area contributed by atoms with Crippen LogP contribution in [0, 0.1) is 0 Å². The van der Waals surface area contributed by atoms with E-state index in [1.54, 1.807) is 0 Å². The maximum absolute atomic E-state index is 12.2. The van der Waals surface area contributed by atoms with Crippen LogP contribution < -0.4 is 5.32 Å². The maximum atomic E-state index is 12.2. The number of nitrogens with one attached hydrogen (secondary N) is 1. The third-order valence-electron chi connectivity index (χ3n) is 4.88. The molecule has 132 valence electrons. The number of amides is 2. The van der Waals surface area contributed by atoms with Crippen LogP contribution >= 0.6 is 0 Å². The highest BCUT2D eigenvalue weighted by Crippen LogP contribution is 2.22. The van der Waals surface area contributed by atoms with E-state index in [-0.39, 0.29) is 12.5 Å². The summed E-state index contributed by atoms with van der Waals surface area (Å²) in [5.41, 5.74) is -1.47. The van der Waals surface area contributed by atoms with E-state index in [2.05, 4.69) is 5.32 Å². The van der Waals surface area contributed by atoms with Crippen molar-refractivity contribution in [2.75, 3.05) is 26.2 Å². The average Bonchev–Trinajstić information content (AvgIpc) is 2.80. The van der Waals surface area contributed by atoms with Gasteiger partial charge >= 0.3 is 0 Å². The lowest BCUT2D eigenvalue weighted by Crippen LogP contribution is -2.58. The molecular formula is C17H30N2O4. The van der Waals surface area contributed by atoms with Crippen LogP contribution in [0.5, 0.6) is 0 Å². The predicted molar refractivity (Wildman–Crippen MR) is 86.9 cm³/mol. The zero-order valence-corrected chi connectivity index (χ0v) is 14.2. The van der Waals surface area contributed by atoms with Crippen molar-refractivity contribution in [3.63, 3.8) is 0 Å². The van der Waals surface area contributed by atoms with E-state index >= 15 is 0 Å². The zero-order valence-electron chi connectivity index (χ0n) is 14.2. The van der Waals surface area contributed by atoms with Gasteiger partial charge in [-0.3, -0.25) is 9.59 Å². The van der Waals surface area contributed by atoms with E-state index in [4.69, 9.17) is 4.74 Å². The van der Waals surface area contributed by atoms with Crippen molar-refractivity contribution >= 4 is 11.8 Å². The molecule has 23 heavy (non-hydrogen) atoms. The van der Waals surface area contributed by atoms with Gasteiger partial charge in [-0.05, 0) is 25.7 Å². The van der Waals surface area contributed by atoms with E-state index < -0.39 is 11.5 Å². The molecule has 2 rings (SSSR count). The van der Waals surface area contributed by atoms with E-state index in [9.17, 15) is 14.7 Å². The van der Waals surface area contributed by atoms with Crippen molar-refractivity contribution in [2.45, 2.75) is 70.0 Å². The van der Waals surface area contributed by atoms with Gasteiger partial charge in [-0.15, -0.1) is 0 Å². The van der Waals surface area contributed by atoms with Gasteiger partial charge in [-0.1, -0.05) is 25.7 Å². The summed E-state index contributed by atoms with van der Waals surface area (Å²) < 4.78 is 5.83. The van der Waals surface area contributed by atoms with Crippen LogP contribution in [0.2, 0.25) is 0 Å². The minimum Gasteiger partial charge on any atom is -0.378 e. The van der Waals surface area contributed by atoms with Crippen LogP contribution in [0.3, 0.4) is 0 Å². The Morgan fingerprint density at radius 2 is 1.91 bits per heavy atom. The normalized spacial score (nSPS) is 26.6. The number of likely N-dealkylation sites (tertiary alicyclic amines) is 1. The summed E-state index contributed by atoms with van der Waals surface area (Å²) in [5, 5.41) is 13.3. The van der Waals surface area contributed by atoms with Crippen molar-refractivity contribution in [2.24, 2.45) is 0 Å². The molecule has 6 heteroatoms. The molecule has 0 unspecified atom stereocenters. The molecule has 1 saturated carbocycles. The van der Waals surface area contributed by atoms with E-state index in [0.29, 0.717) is 38.6 Å². The first-order valence-electron chi connectivity index (χ1n) is 8.89. The first-order valence-corrected chi connectivity index (χ1v) is 8.89. The van der Waals surface area contributed by atoms with Gasteiger partial charge in [-0.25, -0.2) is 0 Å². The molecule has 2 aliphatic rings. The molecule has 0 aromatic heterocycles. The lowest BCUT2D eigenvalue weighted by Gasteiger charge is -2.37. The molecular weight excluding hydrogens is 296 g/mol. The van der Waals surface area contributed by atoms with Gasteiger partial charge < -0.3 is 20.1 Å². The highest BCUT2D eigenvalue weighted by atomic mass is 16.5. The summed E-state index contributed by atoms with van der Waals surface area (Å²) in [4.78, 5) is 25.2. The van der Waals surface area contributed by atoms with Crippen molar-refractivity contribution in [1.29, 1.82) is 0 Å². The number of ether oxygens (including phenoxy) is 1. The number of nitrogens with zero attached hydrogens (tertiary/aromatic N) is 1. The largest absolute Gasteiger partial charge is 0.378 e. The van der Waals surface area contributed by atoms with Gasteiger partial charge in [0, 0.05) is 20.0 Å². The second-order valence-electron chi connectivity index (χ2n) is 6.82. The van der Waals surface area contributed by atoms with E-state index in [1.807, 2.05) is 0 Å². The number of hydrogen-bond donors (Lipinski definition) is 2. The summed E-state index contributed by atoms with van der Waals surface area (Å²) in [6, 6.07) is 0. The smallest absolute Gasteiger partial charge is 0.253 e. The van der Waals surface area contributed by atoms with Crippen LogP contribution in [0.25, 0.3) is 0 Å². The van der Waals surface area contributed by atoms with Crippen molar-refractivity contribution in [1.82, 2.24) is 10.2 Å². The molecule has 2 amide bonds. The first kappa shape index (κ1) is 18.2. The Balaban J connectivity index is 1.70. The second kappa shape index (κ2) is 8.64. The molecule has 0 radical (unpaired) electrons. The SMILES string of the molecule is CC(=O)N1CCC[C@@](O)(C(=O)NCCOC2CCCCCC2)C1. The van der Waals surface area contributed by atoms with Crippen molar-refractivity contribution < 1.29 is 19.4 Å². The lowest BCUT2D eigenvalue weighted by atomic mass is 9.92. The van der Waals surface area contributed by atoms with Gasteiger partial charge in [0.15, 0.2) is 5.60 Å². The minimum absolute atomic E-state index is 0.0810. The quantitative estimate of drug-likeness (QED) is 0.588. The topological polar surface area (TPSA) is 78.9 Å². The first-order chi connectivity index (χ1) is 11.0. The van der Waals surface area contributed by atoms with Crippen molar-refractivity contribution in [3.8, 4) is 0 Å². The number of piperidine rings is 1. The van der Waals surface area contributed by atoms with Crippen LogP contribution in [-0.2, 0) is 14.3 Å². The molecule has 1 aliphatic heterocycles. The molecule has 1 saturated heterocycles. The molecule has 6 nitrogen and oxygen atoms in total. The Bertz CT molecular complexity index is 407. The van der Waals surface area contributed by atoms with E-state index in [0.717, 1.165) is 12.8 Å². The second-order valence-corrected chi connectivity index (χ2v) is 6.82. The predicted octanol–water partition coefficient (Wildman–Crippen LogP) is 1.22. The summed E-state index contributed by atoms with van der Waals surface area (Å²) in [7, 11) is 0. The number of rotatable bonds is 5. The lowest BCUT2D eigenvalue weighted by molar-refractivity contribution is -0.150. The molecule has 1 heterocycles. The van der Waals surface area contributed by atoms with Gasteiger partial charge in [0.2, 0.25) is 5.91 Å². The standard InChI is InChI=1S/C17H30N2O4/c1-14(20)19-11-6-9-17(22,13-19)16(21)18-10-12-23-15-7-4-2-3-5-8-15/h15,22H,2-13H2,1H3,(H,18,21)/t17-/m0/s1. The van der Waals surface area contributed by atoms with Gasteiger partial charge in [0.25, 0.3) is 5.91 Å². The summed E-state index contributed by atoms with van der Waals surface area (Å²) in [6.45, 7) is 3.03. The van der Waals surface area contributed by atoms with Crippen molar-refractivity contribution in [3.05, 3.63) is 0 Å². The fraction of sp³-hybridized carbons (Fsp3) is 0.882. The number of β-amino-alcohol motifs (C(OH)–C–C–N with tert-alkyl or cyclic N) is 1. The van der Waals surface area contributed by atoms with Gasteiger partial charge in [0.05, 0.1) is 19.3 Å². The summed E-state index contributed by atoms with van der Waals surface area (Å²) >= 11 is 0. The summed E-state index contributed by atoms with van der Waals surface area (Å²) in [6.07, 6.45) is 8.56. The highest BCUT2D eigenvalue weighted by molar-refractivity contribution is 5.86. The van der Waals surface area contributed by atoms with E-state index in [1.165, 1.54) is 37.5 Å². The average molecular weight is 326 g/mol. The number of hydrogen-bond acceptors (Lipinski definition) is 4. The number of carbonyl (C=O) groups excluding carboxylic acids is 2. The maximum Gasteiger partial charge on any atom is 0.253 e. The van der Waals surface area contributed by atoms with Gasteiger partial charge in [0.1, 0.15) is 0 Å². The fourth-order valence-corrected chi connectivity index (χ4v) is 3.45. The van der Waals surface area contributed by atoms with Crippen LogP contribution in [0.1, 0.15) is 58.3 Å². The number of carbonyl (C=O) groups is 2. The molecule has 0 aromatic rings. The highest BCUT2D eigenvalue weighted by Gasteiger charge is 2.40. The molecule has 2 fully saturated rings. The Hall–Kier alpha value is -1.14. The third-order valence-corrected chi connectivity index (χ3v) is 4.88. The zero-order chi connectivity index (χ0) is 16.7. The van der Waals surface area contributed by atoms with Crippen LogP contribution in [0.15, 0.2) is 0 Å². The van der Waals surface area contributed by atoms with Crippen LogP contribution in [-0.4, -0.2) is 59.8 Å². The fourth-order valence-electron chi connectivity index (χ4n) is 3.45.